The zero-order valence-electron chi connectivity index (χ0n) is 30.6. The van der Waals surface area contributed by atoms with Crippen molar-refractivity contribution in [3.05, 3.63) is 83.9 Å². The molecule has 10 heteroatoms. The second-order valence-electron chi connectivity index (χ2n) is 12.6. The van der Waals surface area contributed by atoms with Crippen molar-refractivity contribution in [3.63, 3.8) is 0 Å². The second kappa shape index (κ2) is 20.8. The van der Waals surface area contributed by atoms with E-state index in [4.69, 9.17) is 14.2 Å². The van der Waals surface area contributed by atoms with Crippen molar-refractivity contribution in [2.24, 2.45) is 16.1 Å². The molecule has 0 atom stereocenters. The topological polar surface area (TPSA) is 109 Å². The van der Waals surface area contributed by atoms with Crippen molar-refractivity contribution in [2.75, 3.05) is 50.2 Å². The molecule has 0 aliphatic rings. The Labute approximate surface area is 307 Å². The van der Waals surface area contributed by atoms with Crippen LogP contribution in [0.3, 0.4) is 0 Å². The summed E-state index contributed by atoms with van der Waals surface area (Å²) in [7, 11) is 1.58. The summed E-state index contributed by atoms with van der Waals surface area (Å²) in [5, 5.41) is 23.5. The van der Waals surface area contributed by atoms with Gasteiger partial charge in [0.05, 0.1) is 25.0 Å². The van der Waals surface area contributed by atoms with Crippen LogP contribution in [-0.2, 0) is 4.74 Å². The number of nitrogens with zero attached hydrogens (tertiary/aromatic N) is 4. The lowest BCUT2D eigenvalue weighted by molar-refractivity contribution is 0.102. The summed E-state index contributed by atoms with van der Waals surface area (Å²) in [6.45, 7) is 12.2. The summed E-state index contributed by atoms with van der Waals surface area (Å²) in [4.78, 5) is 16.1. The molecule has 4 rings (SSSR count). The predicted molar refractivity (Wildman–Crippen MR) is 208 cm³/mol. The van der Waals surface area contributed by atoms with Crippen LogP contribution < -0.4 is 19.7 Å². The van der Waals surface area contributed by atoms with E-state index in [0.29, 0.717) is 69.6 Å². The fraction of sp³-hybridized carbons (Fsp3) is 0.415. The van der Waals surface area contributed by atoms with E-state index in [0.717, 1.165) is 50.0 Å². The minimum absolute atomic E-state index is 0.286. The van der Waals surface area contributed by atoms with Gasteiger partial charge in [-0.15, -0.1) is 10.2 Å². The number of rotatable bonds is 21. The van der Waals surface area contributed by atoms with Gasteiger partial charge >= 0.3 is 0 Å². The SMILES string of the molecule is CCCCCCN(CCCOCC)c1ccc(/N=N/c2sc(OC)c(-c3ccccc3)c2C#N)c(NC(=O)c2cccc(OCCC(C)C)c2)c1. The summed E-state index contributed by atoms with van der Waals surface area (Å²) in [6.07, 6.45) is 6.39. The quantitative estimate of drug-likeness (QED) is 0.0681. The van der Waals surface area contributed by atoms with Crippen LogP contribution in [0.1, 0.15) is 82.1 Å². The fourth-order valence-electron chi connectivity index (χ4n) is 5.53. The number of hydrogen-bond acceptors (Lipinski definition) is 9. The lowest BCUT2D eigenvalue weighted by atomic mass is 10.0. The van der Waals surface area contributed by atoms with Gasteiger partial charge in [0.1, 0.15) is 23.1 Å². The van der Waals surface area contributed by atoms with Crippen LogP contribution in [0.25, 0.3) is 11.1 Å². The Hall–Kier alpha value is -4.72. The number of carbonyl (C=O) groups is 1. The third-order valence-electron chi connectivity index (χ3n) is 8.32. The van der Waals surface area contributed by atoms with E-state index in [1.807, 2.05) is 67.6 Å². The molecule has 1 N–H and O–H groups in total. The molecule has 1 amide bonds. The number of azo groups is 1. The van der Waals surface area contributed by atoms with E-state index < -0.39 is 0 Å². The monoisotopic (exact) mass is 709 g/mol. The van der Waals surface area contributed by atoms with Gasteiger partial charge in [-0.1, -0.05) is 87.8 Å². The highest BCUT2D eigenvalue weighted by Gasteiger charge is 2.21. The molecule has 51 heavy (non-hydrogen) atoms. The van der Waals surface area contributed by atoms with E-state index in [-0.39, 0.29) is 5.91 Å². The largest absolute Gasteiger partial charge is 0.494 e. The van der Waals surface area contributed by atoms with Crippen LogP contribution in [-0.4, -0.2) is 45.9 Å². The first-order chi connectivity index (χ1) is 24.9. The van der Waals surface area contributed by atoms with Crippen LogP contribution >= 0.6 is 11.3 Å². The minimum atomic E-state index is -0.286. The van der Waals surface area contributed by atoms with Crippen LogP contribution in [0.2, 0.25) is 0 Å². The number of unbranched alkanes of at least 4 members (excludes halogenated alkanes) is 3. The predicted octanol–water partition coefficient (Wildman–Crippen LogP) is 11.2. The normalized spacial score (nSPS) is 11.2. The number of amides is 1. The molecule has 0 bridgehead atoms. The fourth-order valence-corrected chi connectivity index (χ4v) is 6.44. The van der Waals surface area contributed by atoms with E-state index in [1.54, 1.807) is 19.2 Å². The third kappa shape index (κ3) is 11.7. The molecule has 1 heterocycles. The molecule has 270 valence electrons. The maximum absolute atomic E-state index is 13.8. The van der Waals surface area contributed by atoms with Crippen molar-refractivity contribution in [1.82, 2.24) is 0 Å². The molecule has 0 unspecified atom stereocenters. The average Bonchev–Trinajstić information content (AvgIpc) is 3.51. The van der Waals surface area contributed by atoms with Gasteiger partial charge in [-0.2, -0.15) is 5.26 Å². The molecule has 9 nitrogen and oxygen atoms in total. The molecule has 3 aromatic carbocycles. The van der Waals surface area contributed by atoms with Crippen molar-refractivity contribution < 1.29 is 19.0 Å². The number of ether oxygens (including phenoxy) is 3. The number of methoxy groups -OCH3 is 1. The lowest BCUT2D eigenvalue weighted by Gasteiger charge is -2.26. The van der Waals surface area contributed by atoms with E-state index in [1.165, 1.54) is 24.2 Å². The molecular formula is C41H51N5O4S. The first-order valence-corrected chi connectivity index (χ1v) is 18.8. The number of nitriles is 1. The van der Waals surface area contributed by atoms with Gasteiger partial charge in [-0.25, -0.2) is 0 Å². The molecule has 0 aliphatic carbocycles. The van der Waals surface area contributed by atoms with E-state index in [2.05, 4.69) is 47.3 Å². The van der Waals surface area contributed by atoms with Crippen molar-refractivity contribution in [1.29, 1.82) is 5.26 Å². The summed E-state index contributed by atoms with van der Waals surface area (Å²) < 4.78 is 17.2. The van der Waals surface area contributed by atoms with Gasteiger partial charge in [0.25, 0.3) is 5.91 Å². The Morgan fingerprint density at radius 3 is 2.47 bits per heavy atom. The van der Waals surface area contributed by atoms with E-state index in [9.17, 15) is 10.1 Å². The molecule has 0 saturated carbocycles. The zero-order chi connectivity index (χ0) is 36.4. The van der Waals surface area contributed by atoms with Crippen molar-refractivity contribution >= 4 is 39.3 Å². The first-order valence-electron chi connectivity index (χ1n) is 18.0. The highest BCUT2D eigenvalue weighted by atomic mass is 32.1. The van der Waals surface area contributed by atoms with Gasteiger partial charge < -0.3 is 24.4 Å². The summed E-state index contributed by atoms with van der Waals surface area (Å²) in [5.41, 5.74) is 4.36. The molecule has 0 radical (unpaired) electrons. The maximum Gasteiger partial charge on any atom is 0.255 e. The minimum Gasteiger partial charge on any atom is -0.494 e. The molecule has 1 aromatic heterocycles. The number of hydrogen-bond donors (Lipinski definition) is 1. The summed E-state index contributed by atoms with van der Waals surface area (Å²) in [5.74, 6) is 0.881. The number of benzene rings is 3. The van der Waals surface area contributed by atoms with E-state index >= 15 is 0 Å². The Balaban J connectivity index is 1.70. The Morgan fingerprint density at radius 1 is 0.941 bits per heavy atom. The van der Waals surface area contributed by atoms with Crippen LogP contribution in [0.5, 0.6) is 10.8 Å². The number of anilines is 2. The van der Waals surface area contributed by atoms with Crippen molar-refractivity contribution in [3.8, 4) is 28.0 Å². The zero-order valence-corrected chi connectivity index (χ0v) is 31.4. The van der Waals surface area contributed by atoms with Gasteiger partial charge in [0.15, 0.2) is 10.1 Å². The Kier molecular flexibility index (Phi) is 16.0. The summed E-state index contributed by atoms with van der Waals surface area (Å²) >= 11 is 1.26. The maximum atomic E-state index is 13.8. The number of thiophene rings is 1. The molecule has 0 saturated heterocycles. The van der Waals surface area contributed by atoms with Crippen molar-refractivity contribution in [2.45, 2.75) is 66.2 Å². The Bertz CT molecular complexity index is 1740. The van der Waals surface area contributed by atoms with Gasteiger partial charge in [-0.05, 0) is 74.1 Å². The standard InChI is InChI=1S/C41H51N5O4S/c1-6-8-9-13-23-46(24-15-25-49-7-2)33-20-21-36(37(28-33)43-39(47)32-18-14-19-34(27-32)50-26-22-30(3)4)44-45-40-35(29-42)38(41(48-5)51-40)31-16-11-10-12-17-31/h10-12,14,16-21,27-28,30H,6-9,13,15,22-26H2,1-5H3,(H,43,47)/b45-44+. The Morgan fingerprint density at radius 2 is 1.75 bits per heavy atom. The van der Waals surface area contributed by atoms with Gasteiger partial charge in [0, 0.05) is 37.6 Å². The lowest BCUT2D eigenvalue weighted by Crippen LogP contribution is -2.26. The molecule has 0 fully saturated rings. The summed E-state index contributed by atoms with van der Waals surface area (Å²) in [6, 6.07) is 25.0. The van der Waals surface area contributed by atoms with Crippen LogP contribution in [0, 0.1) is 17.2 Å². The molecule has 4 aromatic rings. The highest BCUT2D eigenvalue weighted by Crippen LogP contribution is 2.47. The van der Waals surface area contributed by atoms with Crippen LogP contribution in [0.4, 0.5) is 22.1 Å². The number of nitrogens with one attached hydrogen (secondary N) is 1. The van der Waals surface area contributed by atoms with Gasteiger partial charge in [-0.3, -0.25) is 4.79 Å². The van der Waals surface area contributed by atoms with Crippen LogP contribution in [0.15, 0.2) is 83.0 Å². The number of carbonyl (C=O) groups excluding carboxylic acids is 1. The van der Waals surface area contributed by atoms with Gasteiger partial charge in [0.2, 0.25) is 0 Å². The molecule has 0 aliphatic heterocycles. The molecular weight excluding hydrogens is 659 g/mol. The third-order valence-corrected chi connectivity index (χ3v) is 9.36. The first kappa shape index (κ1) is 39.1. The smallest absolute Gasteiger partial charge is 0.255 e. The molecule has 0 spiro atoms. The highest BCUT2D eigenvalue weighted by molar-refractivity contribution is 7.18. The average molecular weight is 710 g/mol. The second-order valence-corrected chi connectivity index (χ2v) is 13.6.